The molecule has 0 spiro atoms. The van der Waals surface area contributed by atoms with Crippen molar-refractivity contribution in [2.75, 3.05) is 39.8 Å². The average Bonchev–Trinajstić information content (AvgIpc) is 2.94. The Morgan fingerprint density at radius 2 is 1.84 bits per heavy atom. The highest BCUT2D eigenvalue weighted by atomic mass is 16.1. The fourth-order valence-corrected chi connectivity index (χ4v) is 4.10. The lowest BCUT2D eigenvalue weighted by Gasteiger charge is -2.40. The van der Waals surface area contributed by atoms with E-state index >= 15 is 0 Å². The Hall–Kier alpha value is -1.40. The monoisotopic (exact) mass is 347 g/mol. The van der Waals surface area contributed by atoms with Crippen molar-refractivity contribution in [3.05, 3.63) is 17.7 Å². The van der Waals surface area contributed by atoms with Gasteiger partial charge in [0.1, 0.15) is 0 Å². The molecular weight excluding hydrogens is 314 g/mol. The van der Waals surface area contributed by atoms with E-state index in [0.717, 1.165) is 44.2 Å². The first-order valence-corrected chi connectivity index (χ1v) is 9.73. The summed E-state index contributed by atoms with van der Waals surface area (Å²) in [7, 11) is 2.21. The summed E-state index contributed by atoms with van der Waals surface area (Å²) in [5, 5.41) is 3.12. The standard InChI is InChI=1S/C19H33N5O/c1-15-16(2)24(14-21-15)13-8-20-19(25)17-4-11-23(12-5-17)18-6-9-22(3)10-7-18/h14,17-18H,4-13H2,1-3H3,(H,20,25). The van der Waals surface area contributed by atoms with Crippen LogP contribution in [0.5, 0.6) is 0 Å². The summed E-state index contributed by atoms with van der Waals surface area (Å²) < 4.78 is 2.11. The lowest BCUT2D eigenvalue weighted by molar-refractivity contribution is -0.126. The Labute approximate surface area is 151 Å². The molecule has 0 aliphatic carbocycles. The van der Waals surface area contributed by atoms with E-state index < -0.39 is 0 Å². The third-order valence-corrected chi connectivity index (χ3v) is 6.10. The molecule has 1 amide bonds. The van der Waals surface area contributed by atoms with Crippen LogP contribution in [0.25, 0.3) is 0 Å². The average molecular weight is 348 g/mol. The van der Waals surface area contributed by atoms with Crippen molar-refractivity contribution in [1.29, 1.82) is 0 Å². The van der Waals surface area contributed by atoms with Crippen molar-refractivity contribution in [2.24, 2.45) is 5.92 Å². The second-order valence-corrected chi connectivity index (χ2v) is 7.74. The summed E-state index contributed by atoms with van der Waals surface area (Å²) in [5.74, 6) is 0.422. The van der Waals surface area contributed by atoms with Crippen molar-refractivity contribution in [3.63, 3.8) is 0 Å². The van der Waals surface area contributed by atoms with Crippen molar-refractivity contribution < 1.29 is 4.79 Å². The van der Waals surface area contributed by atoms with Gasteiger partial charge in [0.15, 0.2) is 0 Å². The molecule has 0 unspecified atom stereocenters. The van der Waals surface area contributed by atoms with Crippen LogP contribution in [0, 0.1) is 19.8 Å². The lowest BCUT2D eigenvalue weighted by Crippen LogP contribution is -2.48. The maximum atomic E-state index is 12.4. The fraction of sp³-hybridized carbons (Fsp3) is 0.789. The summed E-state index contributed by atoms with van der Waals surface area (Å²) in [5.41, 5.74) is 2.24. The minimum atomic E-state index is 0.188. The molecule has 2 saturated heterocycles. The number of aromatic nitrogens is 2. The smallest absolute Gasteiger partial charge is 0.223 e. The van der Waals surface area contributed by atoms with Crippen LogP contribution < -0.4 is 5.32 Å². The molecule has 3 heterocycles. The molecule has 1 aromatic heterocycles. The van der Waals surface area contributed by atoms with E-state index in [1.165, 1.54) is 31.6 Å². The van der Waals surface area contributed by atoms with Gasteiger partial charge >= 0.3 is 0 Å². The third kappa shape index (κ3) is 4.61. The van der Waals surface area contributed by atoms with Crippen molar-refractivity contribution >= 4 is 5.91 Å². The molecule has 0 saturated carbocycles. The van der Waals surface area contributed by atoms with Gasteiger partial charge in [-0.2, -0.15) is 0 Å². The van der Waals surface area contributed by atoms with Crippen molar-refractivity contribution in [3.8, 4) is 0 Å². The zero-order valence-corrected chi connectivity index (χ0v) is 16.0. The van der Waals surface area contributed by atoms with Crippen LogP contribution in [0.2, 0.25) is 0 Å². The SMILES string of the molecule is Cc1ncn(CCNC(=O)C2CCN(C3CCN(C)CC3)CC2)c1C. The summed E-state index contributed by atoms with van der Waals surface area (Å²) in [6.45, 7) is 10.1. The zero-order chi connectivity index (χ0) is 17.8. The number of imidazole rings is 1. The van der Waals surface area contributed by atoms with Crippen LogP contribution in [0.4, 0.5) is 0 Å². The Bertz CT molecular complexity index is 568. The number of hydrogen-bond acceptors (Lipinski definition) is 4. The molecular formula is C19H33N5O. The van der Waals surface area contributed by atoms with Crippen molar-refractivity contribution in [2.45, 2.75) is 52.1 Å². The van der Waals surface area contributed by atoms with Gasteiger partial charge < -0.3 is 19.7 Å². The highest BCUT2D eigenvalue weighted by molar-refractivity contribution is 5.78. The first-order chi connectivity index (χ1) is 12.0. The van der Waals surface area contributed by atoms with Crippen LogP contribution in [0.1, 0.15) is 37.1 Å². The fourth-order valence-electron chi connectivity index (χ4n) is 4.10. The minimum Gasteiger partial charge on any atom is -0.354 e. The quantitative estimate of drug-likeness (QED) is 0.875. The van der Waals surface area contributed by atoms with Crippen LogP contribution in [0.3, 0.4) is 0 Å². The molecule has 0 bridgehead atoms. The Kier molecular flexibility index (Phi) is 6.12. The molecule has 3 rings (SSSR count). The molecule has 0 aromatic carbocycles. The largest absolute Gasteiger partial charge is 0.354 e. The molecule has 2 aliphatic heterocycles. The van der Waals surface area contributed by atoms with Gasteiger partial charge in [0.25, 0.3) is 0 Å². The number of likely N-dealkylation sites (tertiary alicyclic amines) is 2. The van der Waals surface area contributed by atoms with E-state index in [0.29, 0.717) is 6.54 Å². The second-order valence-electron chi connectivity index (χ2n) is 7.74. The molecule has 1 aromatic rings. The highest BCUT2D eigenvalue weighted by Gasteiger charge is 2.29. The summed E-state index contributed by atoms with van der Waals surface area (Å²) >= 11 is 0. The Balaban J connectivity index is 1.37. The first kappa shape index (κ1) is 18.4. The number of nitrogens with zero attached hydrogens (tertiary/aromatic N) is 4. The molecule has 6 heteroatoms. The molecule has 25 heavy (non-hydrogen) atoms. The van der Waals surface area contributed by atoms with E-state index in [9.17, 15) is 4.79 Å². The van der Waals surface area contributed by atoms with E-state index in [1.54, 1.807) is 0 Å². The van der Waals surface area contributed by atoms with E-state index in [1.807, 2.05) is 13.3 Å². The molecule has 1 N–H and O–H groups in total. The maximum absolute atomic E-state index is 12.4. The number of piperidine rings is 2. The van der Waals surface area contributed by atoms with E-state index in [4.69, 9.17) is 0 Å². The van der Waals surface area contributed by atoms with Crippen LogP contribution in [0.15, 0.2) is 6.33 Å². The number of hydrogen-bond donors (Lipinski definition) is 1. The molecule has 6 nitrogen and oxygen atoms in total. The number of carbonyl (C=O) groups is 1. The van der Waals surface area contributed by atoms with Crippen LogP contribution >= 0.6 is 0 Å². The van der Waals surface area contributed by atoms with Gasteiger partial charge in [-0.3, -0.25) is 4.79 Å². The van der Waals surface area contributed by atoms with Crippen LogP contribution in [-0.2, 0) is 11.3 Å². The third-order valence-electron chi connectivity index (χ3n) is 6.10. The van der Waals surface area contributed by atoms with Gasteiger partial charge in [0.05, 0.1) is 12.0 Å². The van der Waals surface area contributed by atoms with Crippen LogP contribution in [-0.4, -0.2) is 71.1 Å². The molecule has 0 atom stereocenters. The van der Waals surface area contributed by atoms with Gasteiger partial charge in [-0.1, -0.05) is 0 Å². The zero-order valence-electron chi connectivity index (χ0n) is 16.0. The number of carbonyl (C=O) groups excluding carboxylic acids is 1. The molecule has 2 aliphatic rings. The summed E-state index contributed by atoms with van der Waals surface area (Å²) in [4.78, 5) is 21.8. The van der Waals surface area contributed by atoms with Gasteiger partial charge in [-0.25, -0.2) is 4.98 Å². The normalized spacial score (nSPS) is 21.6. The second kappa shape index (κ2) is 8.32. The summed E-state index contributed by atoms with van der Waals surface area (Å²) in [6, 6.07) is 0.729. The number of amides is 1. The number of aryl methyl sites for hydroxylation is 1. The number of nitrogens with one attached hydrogen (secondary N) is 1. The topological polar surface area (TPSA) is 53.4 Å². The Morgan fingerprint density at radius 3 is 2.44 bits per heavy atom. The lowest BCUT2D eigenvalue weighted by atomic mass is 9.93. The maximum Gasteiger partial charge on any atom is 0.223 e. The first-order valence-electron chi connectivity index (χ1n) is 9.73. The highest BCUT2D eigenvalue weighted by Crippen LogP contribution is 2.23. The van der Waals surface area contributed by atoms with Gasteiger partial charge in [0, 0.05) is 30.7 Å². The Morgan fingerprint density at radius 1 is 1.16 bits per heavy atom. The molecule has 0 radical (unpaired) electrons. The predicted octanol–water partition coefficient (Wildman–Crippen LogP) is 1.42. The van der Waals surface area contributed by atoms with Crippen molar-refractivity contribution in [1.82, 2.24) is 24.7 Å². The van der Waals surface area contributed by atoms with E-state index in [2.05, 4.69) is 38.6 Å². The molecule has 2 fully saturated rings. The predicted molar refractivity (Wildman–Crippen MR) is 99.5 cm³/mol. The molecule has 140 valence electrons. The summed E-state index contributed by atoms with van der Waals surface area (Å²) in [6.07, 6.45) is 6.41. The van der Waals surface area contributed by atoms with Gasteiger partial charge in [-0.15, -0.1) is 0 Å². The number of rotatable bonds is 5. The van der Waals surface area contributed by atoms with E-state index in [-0.39, 0.29) is 11.8 Å². The van der Waals surface area contributed by atoms with Gasteiger partial charge in [0.2, 0.25) is 5.91 Å². The van der Waals surface area contributed by atoms with Gasteiger partial charge in [-0.05, 0) is 72.8 Å². The minimum absolute atomic E-state index is 0.188.